The number of nitrogens with zero attached hydrogens (tertiary/aromatic N) is 6. The van der Waals surface area contributed by atoms with E-state index >= 15 is 0 Å². The van der Waals surface area contributed by atoms with Gasteiger partial charge in [-0.1, -0.05) is 24.3 Å². The van der Waals surface area contributed by atoms with Gasteiger partial charge in [-0.05, 0) is 72.0 Å². The first-order valence-corrected chi connectivity index (χ1v) is 11.8. The predicted octanol–water partition coefficient (Wildman–Crippen LogP) is 3.52. The zero-order chi connectivity index (χ0) is 22.8. The highest BCUT2D eigenvalue weighted by Crippen LogP contribution is 2.31. The van der Waals surface area contributed by atoms with Gasteiger partial charge >= 0.3 is 0 Å². The molecule has 0 bridgehead atoms. The fourth-order valence-corrected chi connectivity index (χ4v) is 4.99. The highest BCUT2D eigenvalue weighted by molar-refractivity contribution is 5.56. The van der Waals surface area contributed by atoms with Crippen LogP contribution in [0.15, 0.2) is 42.5 Å². The summed E-state index contributed by atoms with van der Waals surface area (Å²) in [4.78, 5) is 4.86. The SMILES string of the molecule is Cc1cccc(N2CCN([C@H](c3ccc(F)cc3)c3nnnn3C[C@H]3CCCO3)CC2)c1C. The van der Waals surface area contributed by atoms with E-state index in [1.165, 1.54) is 28.9 Å². The number of tetrazole rings is 1. The van der Waals surface area contributed by atoms with Gasteiger partial charge in [-0.2, -0.15) is 0 Å². The van der Waals surface area contributed by atoms with E-state index in [0.717, 1.165) is 57.0 Å². The van der Waals surface area contributed by atoms with Crippen molar-refractivity contribution in [3.05, 3.63) is 70.8 Å². The van der Waals surface area contributed by atoms with Crippen molar-refractivity contribution in [2.45, 2.75) is 45.4 Å². The number of aromatic nitrogens is 4. The minimum atomic E-state index is -0.240. The lowest BCUT2D eigenvalue weighted by atomic mass is 10.0. The maximum absolute atomic E-state index is 13.7. The molecule has 0 saturated carbocycles. The van der Waals surface area contributed by atoms with Crippen LogP contribution >= 0.6 is 0 Å². The molecule has 2 atom stereocenters. The van der Waals surface area contributed by atoms with Gasteiger partial charge in [0.05, 0.1) is 18.7 Å². The van der Waals surface area contributed by atoms with E-state index in [9.17, 15) is 4.39 Å². The minimum absolute atomic E-state index is 0.136. The largest absolute Gasteiger partial charge is 0.376 e. The van der Waals surface area contributed by atoms with E-state index in [-0.39, 0.29) is 18.0 Å². The highest BCUT2D eigenvalue weighted by Gasteiger charge is 2.32. The second-order valence-corrected chi connectivity index (χ2v) is 9.05. The summed E-state index contributed by atoms with van der Waals surface area (Å²) in [5.74, 6) is 0.550. The summed E-state index contributed by atoms with van der Waals surface area (Å²) in [5.41, 5.74) is 4.95. The zero-order valence-corrected chi connectivity index (χ0v) is 19.3. The molecule has 2 aromatic carbocycles. The minimum Gasteiger partial charge on any atom is -0.376 e. The lowest BCUT2D eigenvalue weighted by molar-refractivity contribution is 0.0906. The molecular formula is C25H31FN6O. The van der Waals surface area contributed by atoms with Crippen LogP contribution in [-0.2, 0) is 11.3 Å². The number of benzene rings is 2. The topological polar surface area (TPSA) is 59.3 Å². The Morgan fingerprint density at radius 3 is 2.58 bits per heavy atom. The Bertz CT molecular complexity index is 1070. The second-order valence-electron chi connectivity index (χ2n) is 9.05. The summed E-state index contributed by atoms with van der Waals surface area (Å²) in [7, 11) is 0. The Balaban J connectivity index is 1.40. The van der Waals surface area contributed by atoms with Crippen LogP contribution in [0.25, 0.3) is 0 Å². The molecule has 3 heterocycles. The molecule has 2 fully saturated rings. The molecule has 1 aromatic heterocycles. The lowest BCUT2D eigenvalue weighted by Crippen LogP contribution is -2.48. The molecule has 0 radical (unpaired) electrons. The Morgan fingerprint density at radius 1 is 1.06 bits per heavy atom. The summed E-state index contributed by atoms with van der Waals surface area (Å²) in [5, 5.41) is 12.7. The fraction of sp³-hybridized carbons (Fsp3) is 0.480. The fourth-order valence-electron chi connectivity index (χ4n) is 4.99. The monoisotopic (exact) mass is 450 g/mol. The summed E-state index contributed by atoms with van der Waals surface area (Å²) in [6.07, 6.45) is 2.24. The van der Waals surface area contributed by atoms with Gasteiger partial charge in [0.25, 0.3) is 0 Å². The Morgan fingerprint density at radius 2 is 1.85 bits per heavy atom. The number of rotatable bonds is 6. The van der Waals surface area contributed by atoms with Gasteiger partial charge in [-0.3, -0.25) is 4.90 Å². The van der Waals surface area contributed by atoms with Gasteiger partial charge in [-0.25, -0.2) is 9.07 Å². The maximum Gasteiger partial charge on any atom is 0.173 e. The molecule has 0 amide bonds. The number of ether oxygens (including phenoxy) is 1. The maximum atomic E-state index is 13.7. The van der Waals surface area contributed by atoms with E-state index in [2.05, 4.69) is 57.4 Å². The molecule has 0 N–H and O–H groups in total. The van der Waals surface area contributed by atoms with Crippen molar-refractivity contribution in [2.75, 3.05) is 37.7 Å². The molecule has 2 aliphatic rings. The summed E-state index contributed by atoms with van der Waals surface area (Å²) < 4.78 is 21.4. The first-order chi connectivity index (χ1) is 16.1. The van der Waals surface area contributed by atoms with Gasteiger partial charge in [0, 0.05) is 38.5 Å². The van der Waals surface area contributed by atoms with Crippen molar-refractivity contribution in [3.63, 3.8) is 0 Å². The predicted molar refractivity (Wildman–Crippen MR) is 125 cm³/mol. The number of halogens is 1. The molecular weight excluding hydrogens is 419 g/mol. The van der Waals surface area contributed by atoms with E-state index in [4.69, 9.17) is 4.74 Å². The third-order valence-corrected chi connectivity index (χ3v) is 6.99. The van der Waals surface area contributed by atoms with E-state index < -0.39 is 0 Å². The van der Waals surface area contributed by atoms with Crippen LogP contribution in [0.2, 0.25) is 0 Å². The molecule has 0 spiro atoms. The molecule has 33 heavy (non-hydrogen) atoms. The van der Waals surface area contributed by atoms with Crippen molar-refractivity contribution in [2.24, 2.45) is 0 Å². The van der Waals surface area contributed by atoms with Crippen LogP contribution in [0.1, 0.15) is 41.4 Å². The van der Waals surface area contributed by atoms with Crippen molar-refractivity contribution in [3.8, 4) is 0 Å². The van der Waals surface area contributed by atoms with Gasteiger partial charge in [-0.15, -0.1) is 5.10 Å². The quantitative estimate of drug-likeness (QED) is 0.573. The molecule has 2 aliphatic heterocycles. The summed E-state index contributed by atoms with van der Waals surface area (Å²) >= 11 is 0. The first kappa shape index (κ1) is 22.0. The Kier molecular flexibility index (Phi) is 6.37. The normalized spacial score (nSPS) is 20.3. The molecule has 7 nitrogen and oxygen atoms in total. The Hall–Kier alpha value is -2.84. The zero-order valence-electron chi connectivity index (χ0n) is 19.3. The van der Waals surface area contributed by atoms with Crippen molar-refractivity contribution >= 4 is 5.69 Å². The second kappa shape index (κ2) is 9.57. The molecule has 8 heteroatoms. The van der Waals surface area contributed by atoms with Crippen LogP contribution in [0.5, 0.6) is 0 Å². The third kappa shape index (κ3) is 4.63. The number of hydrogen-bond acceptors (Lipinski definition) is 6. The van der Waals surface area contributed by atoms with Crippen molar-refractivity contribution in [1.82, 2.24) is 25.1 Å². The van der Waals surface area contributed by atoms with Gasteiger partial charge in [0.2, 0.25) is 0 Å². The van der Waals surface area contributed by atoms with Crippen LogP contribution in [-0.4, -0.2) is 64.0 Å². The average molecular weight is 451 g/mol. The molecule has 174 valence electrons. The molecule has 3 aromatic rings. The van der Waals surface area contributed by atoms with Crippen LogP contribution in [0.3, 0.4) is 0 Å². The van der Waals surface area contributed by atoms with Crippen molar-refractivity contribution < 1.29 is 9.13 Å². The standard InChI is InChI=1S/C25H31FN6O/c1-18-5-3-7-23(19(18)2)30-12-14-31(15-13-30)24(20-8-10-21(26)11-9-20)25-27-28-29-32(25)17-22-6-4-16-33-22/h3,5,7-11,22,24H,4,6,12-17H2,1-2H3/t22-,24-/m1/s1. The lowest BCUT2D eigenvalue weighted by Gasteiger charge is -2.40. The average Bonchev–Trinajstić information content (AvgIpc) is 3.51. The van der Waals surface area contributed by atoms with E-state index in [0.29, 0.717) is 6.54 Å². The molecule has 5 rings (SSSR count). The van der Waals surface area contributed by atoms with Crippen molar-refractivity contribution in [1.29, 1.82) is 0 Å². The van der Waals surface area contributed by atoms with Gasteiger partial charge in [0.15, 0.2) is 5.82 Å². The molecule has 0 unspecified atom stereocenters. The Labute approximate surface area is 194 Å². The summed E-state index contributed by atoms with van der Waals surface area (Å²) in [6, 6.07) is 13.1. The molecule has 2 saturated heterocycles. The smallest absolute Gasteiger partial charge is 0.173 e. The number of aryl methyl sites for hydroxylation is 1. The third-order valence-electron chi connectivity index (χ3n) is 6.99. The van der Waals surface area contributed by atoms with Gasteiger partial charge < -0.3 is 9.64 Å². The van der Waals surface area contributed by atoms with Crippen LogP contribution in [0.4, 0.5) is 10.1 Å². The number of anilines is 1. The molecule has 0 aliphatic carbocycles. The number of piperazine rings is 1. The van der Waals surface area contributed by atoms with E-state index in [1.54, 1.807) is 0 Å². The van der Waals surface area contributed by atoms with Gasteiger partial charge in [0.1, 0.15) is 5.82 Å². The van der Waals surface area contributed by atoms with Crippen LogP contribution in [0, 0.1) is 19.7 Å². The highest BCUT2D eigenvalue weighted by atomic mass is 19.1. The van der Waals surface area contributed by atoms with Crippen LogP contribution < -0.4 is 4.90 Å². The first-order valence-electron chi connectivity index (χ1n) is 11.8. The number of hydrogen-bond donors (Lipinski definition) is 0. The summed E-state index contributed by atoms with van der Waals surface area (Å²) in [6.45, 7) is 9.34. The van der Waals surface area contributed by atoms with E-state index in [1.807, 2.05) is 16.8 Å².